The van der Waals surface area contributed by atoms with E-state index in [1.165, 1.54) is 10.9 Å². The summed E-state index contributed by atoms with van der Waals surface area (Å²) in [6.45, 7) is 4.51. The Hall–Kier alpha value is -3.39. The summed E-state index contributed by atoms with van der Waals surface area (Å²) in [6.07, 6.45) is 3.05. The number of para-hydroxylation sites is 1. The fourth-order valence-electron chi connectivity index (χ4n) is 4.36. The van der Waals surface area contributed by atoms with E-state index in [0.29, 0.717) is 11.5 Å². The molecule has 3 heterocycles. The van der Waals surface area contributed by atoms with Crippen molar-refractivity contribution < 1.29 is 9.47 Å². The molecular formula is C24H22ClN5O2. The van der Waals surface area contributed by atoms with Gasteiger partial charge in [0.25, 0.3) is 0 Å². The highest BCUT2D eigenvalue weighted by Crippen LogP contribution is 2.42. The van der Waals surface area contributed by atoms with E-state index in [4.69, 9.17) is 21.1 Å². The Kier molecular flexibility index (Phi) is 5.30. The van der Waals surface area contributed by atoms with Crippen LogP contribution in [0.2, 0.25) is 5.02 Å². The van der Waals surface area contributed by atoms with Crippen LogP contribution in [0.5, 0.6) is 11.5 Å². The molecule has 1 fully saturated rings. The lowest BCUT2D eigenvalue weighted by molar-refractivity contribution is 0.0779. The second-order valence-electron chi connectivity index (χ2n) is 8.13. The number of H-pyrrole nitrogens is 1. The van der Waals surface area contributed by atoms with Gasteiger partial charge in [0.05, 0.1) is 5.69 Å². The highest BCUT2D eigenvalue weighted by Gasteiger charge is 2.40. The van der Waals surface area contributed by atoms with Crippen molar-refractivity contribution in [2.45, 2.75) is 12.0 Å². The molecule has 2 aromatic carbocycles. The topological polar surface area (TPSA) is 88.3 Å². The fourth-order valence-corrected chi connectivity index (χ4v) is 4.53. The third kappa shape index (κ3) is 3.71. The number of aromatic amines is 1. The van der Waals surface area contributed by atoms with E-state index in [9.17, 15) is 10.5 Å². The number of nitrogens with one attached hydrogen (secondary N) is 1. The molecule has 0 unspecified atom stereocenters. The monoisotopic (exact) mass is 447 g/mol. The molecule has 5 rings (SSSR count). The number of benzene rings is 2. The largest absolute Gasteiger partial charge is 0.481 e. The Morgan fingerprint density at radius 3 is 2.69 bits per heavy atom. The molecular weight excluding hydrogens is 426 g/mol. The van der Waals surface area contributed by atoms with Crippen molar-refractivity contribution in [3.8, 4) is 23.6 Å². The highest BCUT2D eigenvalue weighted by molar-refractivity contribution is 6.31. The number of nitrogens with zero attached hydrogens (tertiary/aromatic N) is 4. The first kappa shape index (κ1) is 20.5. The van der Waals surface area contributed by atoms with Crippen molar-refractivity contribution in [2.24, 2.45) is 0 Å². The molecule has 162 valence electrons. The molecule has 8 heteroatoms. The molecule has 32 heavy (non-hydrogen) atoms. The van der Waals surface area contributed by atoms with Gasteiger partial charge < -0.3 is 19.4 Å². The number of nitriles is 2. The maximum Gasteiger partial charge on any atom is 0.313 e. The number of halogens is 1. The number of ether oxygens (including phenoxy) is 2. The average molecular weight is 448 g/mol. The fraction of sp³-hybridized carbons (Fsp3) is 0.333. The van der Waals surface area contributed by atoms with Crippen LogP contribution in [-0.4, -0.2) is 54.8 Å². The number of fused-ring (bicyclic) bond motifs is 2. The van der Waals surface area contributed by atoms with Crippen LogP contribution in [0, 0.1) is 22.7 Å². The summed E-state index contributed by atoms with van der Waals surface area (Å²) in [5.41, 5.74) is 1.74. The lowest BCUT2D eigenvalue weighted by Crippen LogP contribution is -2.47. The van der Waals surface area contributed by atoms with Crippen LogP contribution in [0.15, 0.2) is 42.6 Å². The van der Waals surface area contributed by atoms with Crippen molar-refractivity contribution in [2.75, 3.05) is 44.2 Å². The van der Waals surface area contributed by atoms with Crippen LogP contribution in [0.4, 0.5) is 5.69 Å². The predicted octanol–water partition coefficient (Wildman–Crippen LogP) is 3.74. The lowest BCUT2D eigenvalue weighted by Gasteiger charge is -2.38. The van der Waals surface area contributed by atoms with Crippen molar-refractivity contribution in [1.29, 1.82) is 10.5 Å². The second-order valence-corrected chi connectivity index (χ2v) is 8.56. The summed E-state index contributed by atoms with van der Waals surface area (Å²) >= 11 is 6.09. The Morgan fingerprint density at radius 2 is 1.91 bits per heavy atom. The molecule has 0 spiro atoms. The third-order valence-electron chi connectivity index (χ3n) is 6.16. The minimum atomic E-state index is -1.59. The van der Waals surface area contributed by atoms with E-state index in [2.05, 4.69) is 27.0 Å². The van der Waals surface area contributed by atoms with E-state index < -0.39 is 5.60 Å². The SMILES string of the molecule is N#CC1(C#N)COc2c(cccc2N2CCN(CCc3c[nH]c4cc(Cl)ccc34)CC2)O1. The molecule has 2 aliphatic rings. The van der Waals surface area contributed by atoms with Gasteiger partial charge in [-0.3, -0.25) is 4.90 Å². The maximum absolute atomic E-state index is 9.30. The van der Waals surface area contributed by atoms with E-state index in [-0.39, 0.29) is 6.61 Å². The molecule has 0 radical (unpaired) electrons. The molecule has 3 aromatic rings. The van der Waals surface area contributed by atoms with Crippen LogP contribution in [0.3, 0.4) is 0 Å². The Morgan fingerprint density at radius 1 is 1.09 bits per heavy atom. The van der Waals surface area contributed by atoms with Gasteiger partial charge in [-0.25, -0.2) is 0 Å². The number of rotatable bonds is 4. The van der Waals surface area contributed by atoms with Gasteiger partial charge in [0.2, 0.25) is 0 Å². The Bertz CT molecular complexity index is 1220. The maximum atomic E-state index is 9.30. The van der Waals surface area contributed by atoms with E-state index >= 15 is 0 Å². The molecule has 0 aliphatic carbocycles. The minimum absolute atomic E-state index is 0.0974. The first-order chi connectivity index (χ1) is 15.6. The van der Waals surface area contributed by atoms with Gasteiger partial charge in [0, 0.05) is 54.8 Å². The minimum Gasteiger partial charge on any atom is -0.481 e. The molecule has 1 aromatic heterocycles. The van der Waals surface area contributed by atoms with Gasteiger partial charge in [-0.1, -0.05) is 23.7 Å². The van der Waals surface area contributed by atoms with Crippen molar-refractivity contribution in [3.05, 3.63) is 53.2 Å². The zero-order valence-corrected chi connectivity index (χ0v) is 18.2. The van der Waals surface area contributed by atoms with Crippen molar-refractivity contribution >= 4 is 28.2 Å². The van der Waals surface area contributed by atoms with Crippen LogP contribution >= 0.6 is 11.6 Å². The predicted molar refractivity (Wildman–Crippen MR) is 122 cm³/mol. The van der Waals surface area contributed by atoms with Crippen molar-refractivity contribution in [1.82, 2.24) is 9.88 Å². The smallest absolute Gasteiger partial charge is 0.313 e. The van der Waals surface area contributed by atoms with E-state index in [1.807, 2.05) is 36.4 Å². The number of aromatic nitrogens is 1. The molecule has 7 nitrogen and oxygen atoms in total. The first-order valence-electron chi connectivity index (χ1n) is 10.6. The Labute approximate surface area is 191 Å². The van der Waals surface area contributed by atoms with Crippen LogP contribution < -0.4 is 14.4 Å². The summed E-state index contributed by atoms with van der Waals surface area (Å²) in [7, 11) is 0. The van der Waals surface area contributed by atoms with Gasteiger partial charge in [-0.15, -0.1) is 0 Å². The molecule has 0 atom stereocenters. The lowest BCUT2D eigenvalue weighted by atomic mass is 10.1. The van der Waals surface area contributed by atoms with E-state index in [0.717, 1.165) is 55.4 Å². The average Bonchev–Trinajstić information content (AvgIpc) is 3.24. The normalized spacial score (nSPS) is 17.7. The van der Waals surface area contributed by atoms with Crippen LogP contribution in [0.1, 0.15) is 5.56 Å². The summed E-state index contributed by atoms with van der Waals surface area (Å²) in [5.74, 6) is 1.05. The highest BCUT2D eigenvalue weighted by atomic mass is 35.5. The molecule has 0 bridgehead atoms. The van der Waals surface area contributed by atoms with Crippen molar-refractivity contribution in [3.63, 3.8) is 0 Å². The summed E-state index contributed by atoms with van der Waals surface area (Å²) in [6, 6.07) is 15.4. The summed E-state index contributed by atoms with van der Waals surface area (Å²) in [4.78, 5) is 8.05. The zero-order valence-electron chi connectivity index (χ0n) is 17.5. The standard InChI is InChI=1S/C24H22ClN5O2/c25-18-4-5-19-17(13-28-20(19)12-18)6-7-29-8-10-30(11-9-29)21-2-1-3-22-23(21)31-16-24(14-26,15-27)32-22/h1-5,12-13,28H,6-11,16H2. The van der Waals surface area contributed by atoms with Gasteiger partial charge >= 0.3 is 5.60 Å². The molecule has 1 saturated heterocycles. The van der Waals surface area contributed by atoms with E-state index in [1.54, 1.807) is 6.07 Å². The number of hydrogen-bond acceptors (Lipinski definition) is 6. The summed E-state index contributed by atoms with van der Waals surface area (Å²) < 4.78 is 11.5. The molecule has 0 saturated carbocycles. The first-order valence-corrected chi connectivity index (χ1v) is 11.0. The van der Waals surface area contributed by atoms with Crippen LogP contribution in [0.25, 0.3) is 10.9 Å². The molecule has 0 amide bonds. The molecule has 2 aliphatic heterocycles. The van der Waals surface area contributed by atoms with Gasteiger partial charge in [0.1, 0.15) is 12.1 Å². The van der Waals surface area contributed by atoms with Gasteiger partial charge in [-0.05, 0) is 36.2 Å². The number of anilines is 1. The van der Waals surface area contributed by atoms with Crippen LogP contribution in [-0.2, 0) is 6.42 Å². The second kappa shape index (κ2) is 8.27. The number of piperazine rings is 1. The van der Waals surface area contributed by atoms with Gasteiger partial charge in [0.15, 0.2) is 18.1 Å². The molecule has 1 N–H and O–H groups in total. The van der Waals surface area contributed by atoms with Gasteiger partial charge in [-0.2, -0.15) is 10.5 Å². The number of hydrogen-bond donors (Lipinski definition) is 1. The summed E-state index contributed by atoms with van der Waals surface area (Å²) in [5, 5.41) is 20.6. The quantitative estimate of drug-likeness (QED) is 0.655. The Balaban J connectivity index is 1.22. The zero-order chi connectivity index (χ0) is 22.1. The third-order valence-corrected chi connectivity index (χ3v) is 6.40.